The molecule has 1 aliphatic rings. The van der Waals surface area contributed by atoms with Crippen molar-refractivity contribution in [2.45, 2.75) is 45.6 Å². The Morgan fingerprint density at radius 3 is 2.76 bits per heavy atom. The highest BCUT2D eigenvalue weighted by atomic mass is 16.2. The molecule has 0 bridgehead atoms. The van der Waals surface area contributed by atoms with Crippen molar-refractivity contribution >= 4 is 5.91 Å². The van der Waals surface area contributed by atoms with E-state index >= 15 is 0 Å². The number of hydrogen-bond donors (Lipinski definition) is 1. The van der Waals surface area contributed by atoms with E-state index < -0.39 is 0 Å². The van der Waals surface area contributed by atoms with Gasteiger partial charge in [-0.05, 0) is 57.8 Å². The first-order valence-corrected chi connectivity index (χ1v) is 8.03. The van der Waals surface area contributed by atoms with Crippen LogP contribution in [-0.2, 0) is 16.8 Å². The molecule has 1 amide bonds. The van der Waals surface area contributed by atoms with Crippen LogP contribution in [0.4, 0.5) is 0 Å². The predicted molar refractivity (Wildman–Crippen MR) is 87.2 cm³/mol. The molecule has 1 aromatic rings. The zero-order valence-corrected chi connectivity index (χ0v) is 13.8. The SMILES string of the molecule is CCc1ccccc1C(C)(C)NC(=O)[C@H]1CCCN(C)C1. The van der Waals surface area contributed by atoms with Crippen molar-refractivity contribution in [2.75, 3.05) is 20.1 Å². The average molecular weight is 288 g/mol. The fraction of sp³-hybridized carbons (Fsp3) is 0.611. The first-order chi connectivity index (χ1) is 9.94. The Balaban J connectivity index is 2.11. The number of hydrogen-bond acceptors (Lipinski definition) is 2. The molecule has 0 radical (unpaired) electrons. The van der Waals surface area contributed by atoms with Crippen molar-refractivity contribution in [3.63, 3.8) is 0 Å². The zero-order valence-electron chi connectivity index (χ0n) is 13.8. The Labute approximate surface area is 128 Å². The van der Waals surface area contributed by atoms with Gasteiger partial charge in [-0.2, -0.15) is 0 Å². The molecule has 0 unspecified atom stereocenters. The molecule has 0 aromatic heterocycles. The van der Waals surface area contributed by atoms with Crippen molar-refractivity contribution in [2.24, 2.45) is 5.92 Å². The van der Waals surface area contributed by atoms with Crippen molar-refractivity contribution in [3.8, 4) is 0 Å². The van der Waals surface area contributed by atoms with Gasteiger partial charge in [0.05, 0.1) is 11.5 Å². The van der Waals surface area contributed by atoms with Crippen molar-refractivity contribution in [1.82, 2.24) is 10.2 Å². The fourth-order valence-corrected chi connectivity index (χ4v) is 3.30. The van der Waals surface area contributed by atoms with Gasteiger partial charge < -0.3 is 10.2 Å². The second-order valence-corrected chi connectivity index (χ2v) is 6.73. The molecule has 3 nitrogen and oxygen atoms in total. The monoisotopic (exact) mass is 288 g/mol. The van der Waals surface area contributed by atoms with E-state index in [0.717, 1.165) is 32.4 Å². The normalized spacial score (nSPS) is 20.3. The lowest BCUT2D eigenvalue weighted by molar-refractivity contribution is -0.128. The number of carbonyl (C=O) groups excluding carboxylic acids is 1. The largest absolute Gasteiger partial charge is 0.347 e. The molecule has 1 saturated heterocycles. The van der Waals surface area contributed by atoms with E-state index in [4.69, 9.17) is 0 Å². The first kappa shape index (κ1) is 16.0. The van der Waals surface area contributed by atoms with Crippen LogP contribution in [0.15, 0.2) is 24.3 Å². The van der Waals surface area contributed by atoms with E-state index in [1.54, 1.807) is 0 Å². The van der Waals surface area contributed by atoms with Crippen molar-refractivity contribution < 1.29 is 4.79 Å². The van der Waals surface area contributed by atoms with Gasteiger partial charge in [0.1, 0.15) is 0 Å². The topological polar surface area (TPSA) is 32.3 Å². The van der Waals surface area contributed by atoms with Crippen LogP contribution in [0.1, 0.15) is 44.7 Å². The van der Waals surface area contributed by atoms with E-state index in [1.807, 2.05) is 0 Å². The van der Waals surface area contributed by atoms with E-state index in [9.17, 15) is 4.79 Å². The summed E-state index contributed by atoms with van der Waals surface area (Å²) in [7, 11) is 2.09. The quantitative estimate of drug-likeness (QED) is 0.924. The number of amides is 1. The number of rotatable bonds is 4. The lowest BCUT2D eigenvalue weighted by Crippen LogP contribution is -2.48. The third-order valence-electron chi connectivity index (χ3n) is 4.50. The van der Waals surface area contributed by atoms with Crippen LogP contribution >= 0.6 is 0 Å². The molecule has 1 atom stereocenters. The number of benzene rings is 1. The molecule has 21 heavy (non-hydrogen) atoms. The molecule has 1 aromatic carbocycles. The van der Waals surface area contributed by atoms with E-state index in [1.165, 1.54) is 11.1 Å². The summed E-state index contributed by atoms with van der Waals surface area (Å²) in [5, 5.41) is 3.27. The standard InChI is InChI=1S/C18H28N2O/c1-5-14-9-6-7-11-16(14)18(2,3)19-17(21)15-10-8-12-20(4)13-15/h6-7,9,11,15H,5,8,10,12-13H2,1-4H3,(H,19,21)/t15-/m0/s1. The van der Waals surface area contributed by atoms with Crippen LogP contribution < -0.4 is 5.32 Å². The second kappa shape index (κ2) is 6.61. The molecule has 1 fully saturated rings. The van der Waals surface area contributed by atoms with Crippen LogP contribution in [0.2, 0.25) is 0 Å². The molecule has 1 N–H and O–H groups in total. The summed E-state index contributed by atoms with van der Waals surface area (Å²) in [6.07, 6.45) is 3.10. The van der Waals surface area contributed by atoms with Crippen LogP contribution in [0, 0.1) is 5.92 Å². The molecule has 1 heterocycles. The van der Waals surface area contributed by atoms with Gasteiger partial charge in [-0.25, -0.2) is 0 Å². The Bertz CT molecular complexity index is 496. The zero-order chi connectivity index (χ0) is 15.5. The van der Waals surface area contributed by atoms with Crippen LogP contribution in [0.25, 0.3) is 0 Å². The maximum Gasteiger partial charge on any atom is 0.225 e. The lowest BCUT2D eigenvalue weighted by atomic mass is 9.87. The summed E-state index contributed by atoms with van der Waals surface area (Å²) in [5.41, 5.74) is 2.22. The van der Waals surface area contributed by atoms with E-state index in [-0.39, 0.29) is 17.4 Å². The minimum Gasteiger partial charge on any atom is -0.347 e. The maximum absolute atomic E-state index is 12.6. The highest BCUT2D eigenvalue weighted by Crippen LogP contribution is 2.26. The van der Waals surface area contributed by atoms with Gasteiger partial charge in [0.2, 0.25) is 5.91 Å². The number of carbonyl (C=O) groups is 1. The van der Waals surface area contributed by atoms with Gasteiger partial charge in [0.25, 0.3) is 0 Å². The average Bonchev–Trinajstić information content (AvgIpc) is 2.46. The van der Waals surface area contributed by atoms with Gasteiger partial charge in [0, 0.05) is 6.54 Å². The first-order valence-electron chi connectivity index (χ1n) is 8.03. The van der Waals surface area contributed by atoms with Gasteiger partial charge in [-0.3, -0.25) is 4.79 Å². The Morgan fingerprint density at radius 2 is 2.10 bits per heavy atom. The number of likely N-dealkylation sites (tertiary alicyclic amines) is 1. The molecule has 0 spiro atoms. The summed E-state index contributed by atoms with van der Waals surface area (Å²) in [4.78, 5) is 14.8. The van der Waals surface area contributed by atoms with Gasteiger partial charge in [-0.1, -0.05) is 31.2 Å². The third kappa shape index (κ3) is 3.85. The number of piperidine rings is 1. The van der Waals surface area contributed by atoms with Crippen molar-refractivity contribution in [3.05, 3.63) is 35.4 Å². The predicted octanol–water partition coefficient (Wildman–Crippen LogP) is 2.94. The summed E-state index contributed by atoms with van der Waals surface area (Å²) < 4.78 is 0. The molecule has 116 valence electrons. The minimum atomic E-state index is -0.320. The minimum absolute atomic E-state index is 0.122. The van der Waals surface area contributed by atoms with Crippen LogP contribution in [0.3, 0.4) is 0 Å². The molecule has 0 aliphatic carbocycles. The van der Waals surface area contributed by atoms with Crippen LogP contribution in [0.5, 0.6) is 0 Å². The summed E-state index contributed by atoms with van der Waals surface area (Å²) in [5.74, 6) is 0.314. The smallest absolute Gasteiger partial charge is 0.225 e. The summed E-state index contributed by atoms with van der Waals surface area (Å²) in [6, 6.07) is 8.40. The molecule has 2 rings (SSSR count). The van der Waals surface area contributed by atoms with Gasteiger partial charge >= 0.3 is 0 Å². The molecule has 1 aliphatic heterocycles. The Morgan fingerprint density at radius 1 is 1.38 bits per heavy atom. The summed E-state index contributed by atoms with van der Waals surface area (Å²) in [6.45, 7) is 8.34. The number of nitrogens with zero attached hydrogens (tertiary/aromatic N) is 1. The molecule has 0 saturated carbocycles. The lowest BCUT2D eigenvalue weighted by Gasteiger charge is -2.34. The molecular weight excluding hydrogens is 260 g/mol. The van der Waals surface area contributed by atoms with Crippen molar-refractivity contribution in [1.29, 1.82) is 0 Å². The van der Waals surface area contributed by atoms with Gasteiger partial charge in [0.15, 0.2) is 0 Å². The molecule has 3 heteroatoms. The number of nitrogens with one attached hydrogen (secondary N) is 1. The van der Waals surface area contributed by atoms with Crippen LogP contribution in [-0.4, -0.2) is 30.9 Å². The second-order valence-electron chi connectivity index (χ2n) is 6.73. The fourth-order valence-electron chi connectivity index (χ4n) is 3.30. The Kier molecular flexibility index (Phi) is 5.04. The highest BCUT2D eigenvalue weighted by Gasteiger charge is 2.30. The van der Waals surface area contributed by atoms with E-state index in [2.05, 4.69) is 62.3 Å². The highest BCUT2D eigenvalue weighted by molar-refractivity contribution is 5.80. The van der Waals surface area contributed by atoms with E-state index in [0.29, 0.717) is 0 Å². The Hall–Kier alpha value is -1.35. The van der Waals surface area contributed by atoms with Gasteiger partial charge in [-0.15, -0.1) is 0 Å². The maximum atomic E-state index is 12.6. The summed E-state index contributed by atoms with van der Waals surface area (Å²) >= 11 is 0. The molecular formula is C18H28N2O. The number of aryl methyl sites for hydroxylation is 1. The third-order valence-corrected chi connectivity index (χ3v) is 4.50.